The maximum Gasteiger partial charge on any atom is 0.230 e. The lowest BCUT2D eigenvalue weighted by Gasteiger charge is -2.23. The lowest BCUT2D eigenvalue weighted by Crippen LogP contribution is -2.23. The Bertz CT molecular complexity index is 1210. The summed E-state index contributed by atoms with van der Waals surface area (Å²) in [7, 11) is 0. The van der Waals surface area contributed by atoms with Crippen molar-refractivity contribution in [2.24, 2.45) is 4.99 Å². The highest BCUT2D eigenvalue weighted by Gasteiger charge is 2.21. The molecule has 0 radical (unpaired) electrons. The molecule has 7 nitrogen and oxygen atoms in total. The van der Waals surface area contributed by atoms with Gasteiger partial charge in [-0.3, -0.25) is 9.79 Å². The van der Waals surface area contributed by atoms with Gasteiger partial charge in [0.2, 0.25) is 5.91 Å². The van der Waals surface area contributed by atoms with E-state index in [2.05, 4.69) is 21.4 Å². The fourth-order valence-corrected chi connectivity index (χ4v) is 3.73. The zero-order valence-corrected chi connectivity index (χ0v) is 17.8. The third-order valence-electron chi connectivity index (χ3n) is 5.30. The summed E-state index contributed by atoms with van der Waals surface area (Å²) in [4.78, 5) is 19.5. The summed E-state index contributed by atoms with van der Waals surface area (Å²) in [6, 6.07) is 15.4. The molecule has 0 saturated carbocycles. The van der Waals surface area contributed by atoms with Crippen LogP contribution in [0.1, 0.15) is 37.1 Å². The monoisotopic (exact) mass is 413 g/mol. The number of benzene rings is 2. The van der Waals surface area contributed by atoms with Crippen LogP contribution in [0.5, 0.6) is 0 Å². The van der Waals surface area contributed by atoms with Crippen molar-refractivity contribution < 1.29 is 9.32 Å². The van der Waals surface area contributed by atoms with Gasteiger partial charge in [-0.05, 0) is 44.5 Å². The van der Waals surface area contributed by atoms with Gasteiger partial charge in [-0.2, -0.15) is 5.26 Å². The molecule has 31 heavy (non-hydrogen) atoms. The Labute approximate surface area is 181 Å². The van der Waals surface area contributed by atoms with Crippen LogP contribution in [0.4, 0.5) is 17.1 Å². The minimum atomic E-state index is -0.169. The van der Waals surface area contributed by atoms with Crippen LogP contribution in [-0.4, -0.2) is 29.9 Å². The van der Waals surface area contributed by atoms with Gasteiger partial charge in [0, 0.05) is 24.7 Å². The Hall–Kier alpha value is -3.92. The lowest BCUT2D eigenvalue weighted by atomic mass is 10.0. The molecule has 1 aromatic heterocycles. The van der Waals surface area contributed by atoms with Crippen molar-refractivity contribution in [2.75, 3.05) is 23.3 Å². The summed E-state index contributed by atoms with van der Waals surface area (Å²) in [5.74, 6) is 0.499. The van der Waals surface area contributed by atoms with Crippen molar-refractivity contribution >= 4 is 28.7 Å². The number of nitriles is 1. The van der Waals surface area contributed by atoms with Crippen molar-refractivity contribution in [3.05, 3.63) is 59.3 Å². The molecular formula is C24H23N5O2. The molecule has 0 bridgehead atoms. The number of carbonyl (C=O) groups is 1. The SMILES string of the molecule is CCN(CC)c1cc2c(cc1C#N)NC(=O)CC(c1cccc(-c3cc(C)no3)c1)=N2. The molecule has 7 heteroatoms. The number of aryl methyl sites for hydroxylation is 1. The minimum Gasteiger partial charge on any atom is -0.371 e. The van der Waals surface area contributed by atoms with E-state index in [0.29, 0.717) is 28.4 Å². The van der Waals surface area contributed by atoms with Crippen LogP contribution < -0.4 is 10.2 Å². The standard InChI is InChI=1S/C24H23N5O2/c1-4-29(5-2)22-12-21-20(11-18(22)14-25)27-24(30)13-19(26-21)16-7-6-8-17(10-16)23-9-15(3)28-31-23/h6-12H,4-5,13H2,1-3H3,(H,27,30). The molecule has 2 aromatic carbocycles. The third-order valence-corrected chi connectivity index (χ3v) is 5.30. The molecule has 0 atom stereocenters. The molecule has 2 heterocycles. The fraction of sp³-hybridized carbons (Fsp3) is 0.250. The number of rotatable bonds is 5. The minimum absolute atomic E-state index is 0.135. The van der Waals surface area contributed by atoms with E-state index in [0.717, 1.165) is 35.6 Å². The zero-order valence-electron chi connectivity index (χ0n) is 17.8. The summed E-state index contributed by atoms with van der Waals surface area (Å²) >= 11 is 0. The van der Waals surface area contributed by atoms with Crippen molar-refractivity contribution in [3.8, 4) is 17.4 Å². The second-order valence-electron chi connectivity index (χ2n) is 7.37. The van der Waals surface area contributed by atoms with E-state index in [4.69, 9.17) is 9.52 Å². The van der Waals surface area contributed by atoms with Gasteiger partial charge in [0.15, 0.2) is 5.76 Å². The van der Waals surface area contributed by atoms with Gasteiger partial charge in [0.05, 0.1) is 40.5 Å². The molecule has 0 spiro atoms. The van der Waals surface area contributed by atoms with Gasteiger partial charge in [-0.15, -0.1) is 0 Å². The van der Waals surface area contributed by atoms with Crippen LogP contribution in [0, 0.1) is 18.3 Å². The van der Waals surface area contributed by atoms with Gasteiger partial charge in [-0.1, -0.05) is 23.4 Å². The maximum atomic E-state index is 12.6. The summed E-state index contributed by atoms with van der Waals surface area (Å²) in [5.41, 5.74) is 5.69. The highest BCUT2D eigenvalue weighted by atomic mass is 16.5. The summed E-state index contributed by atoms with van der Waals surface area (Å²) in [6.45, 7) is 7.50. The van der Waals surface area contributed by atoms with Crippen molar-refractivity contribution in [3.63, 3.8) is 0 Å². The molecule has 3 aromatic rings. The average Bonchev–Trinajstić information content (AvgIpc) is 3.14. The summed E-state index contributed by atoms with van der Waals surface area (Å²) in [6.07, 6.45) is 0.135. The summed E-state index contributed by atoms with van der Waals surface area (Å²) < 4.78 is 5.38. The normalized spacial score (nSPS) is 13.0. The molecule has 0 unspecified atom stereocenters. The molecule has 0 saturated heterocycles. The number of hydrogen-bond donors (Lipinski definition) is 1. The van der Waals surface area contributed by atoms with Crippen LogP contribution >= 0.6 is 0 Å². The smallest absolute Gasteiger partial charge is 0.230 e. The van der Waals surface area contributed by atoms with Crippen LogP contribution in [0.25, 0.3) is 11.3 Å². The van der Waals surface area contributed by atoms with E-state index in [9.17, 15) is 10.1 Å². The molecule has 1 amide bonds. The Morgan fingerprint density at radius 2 is 1.94 bits per heavy atom. The number of nitrogens with one attached hydrogen (secondary N) is 1. The number of carbonyl (C=O) groups excluding carboxylic acids is 1. The van der Waals surface area contributed by atoms with Gasteiger partial charge >= 0.3 is 0 Å². The molecule has 0 fully saturated rings. The second-order valence-corrected chi connectivity index (χ2v) is 7.37. The highest BCUT2D eigenvalue weighted by molar-refractivity contribution is 6.17. The van der Waals surface area contributed by atoms with Crippen LogP contribution in [0.3, 0.4) is 0 Å². The lowest BCUT2D eigenvalue weighted by molar-refractivity contribution is -0.115. The molecule has 1 N–H and O–H groups in total. The Morgan fingerprint density at radius 1 is 1.16 bits per heavy atom. The molecule has 0 aliphatic carbocycles. The van der Waals surface area contributed by atoms with Crippen LogP contribution in [0.15, 0.2) is 52.0 Å². The predicted octanol–water partition coefficient (Wildman–Crippen LogP) is 4.83. The second kappa shape index (κ2) is 8.44. The van der Waals surface area contributed by atoms with Crippen LogP contribution in [-0.2, 0) is 4.79 Å². The van der Waals surface area contributed by atoms with E-state index in [1.165, 1.54) is 0 Å². The molecule has 1 aliphatic rings. The fourth-order valence-electron chi connectivity index (χ4n) is 3.73. The average molecular weight is 413 g/mol. The Kier molecular flexibility index (Phi) is 5.54. The number of hydrogen-bond acceptors (Lipinski definition) is 6. The predicted molar refractivity (Wildman–Crippen MR) is 121 cm³/mol. The molecular weight excluding hydrogens is 390 g/mol. The van der Waals surface area contributed by atoms with Crippen molar-refractivity contribution in [2.45, 2.75) is 27.2 Å². The Balaban J connectivity index is 1.82. The zero-order chi connectivity index (χ0) is 22.0. The number of amides is 1. The van der Waals surface area contributed by atoms with E-state index in [1.807, 2.05) is 57.2 Å². The van der Waals surface area contributed by atoms with Gasteiger partial charge in [0.25, 0.3) is 0 Å². The van der Waals surface area contributed by atoms with E-state index < -0.39 is 0 Å². The first kappa shape index (κ1) is 20.4. The first-order valence-corrected chi connectivity index (χ1v) is 10.3. The van der Waals surface area contributed by atoms with E-state index in [1.54, 1.807) is 6.07 Å². The number of nitrogens with zero attached hydrogens (tertiary/aromatic N) is 4. The summed E-state index contributed by atoms with van der Waals surface area (Å²) in [5, 5.41) is 16.5. The first-order chi connectivity index (χ1) is 15.0. The number of fused-ring (bicyclic) bond motifs is 1. The van der Waals surface area contributed by atoms with Gasteiger partial charge in [0.1, 0.15) is 6.07 Å². The Morgan fingerprint density at radius 3 is 2.61 bits per heavy atom. The quantitative estimate of drug-likeness (QED) is 0.646. The first-order valence-electron chi connectivity index (χ1n) is 10.3. The molecule has 4 rings (SSSR count). The molecule has 1 aliphatic heterocycles. The van der Waals surface area contributed by atoms with Crippen LogP contribution in [0.2, 0.25) is 0 Å². The van der Waals surface area contributed by atoms with E-state index >= 15 is 0 Å². The molecule has 156 valence electrons. The maximum absolute atomic E-state index is 12.6. The van der Waals surface area contributed by atoms with E-state index in [-0.39, 0.29) is 12.3 Å². The van der Waals surface area contributed by atoms with Crippen molar-refractivity contribution in [1.82, 2.24) is 5.16 Å². The van der Waals surface area contributed by atoms with Gasteiger partial charge < -0.3 is 14.7 Å². The van der Waals surface area contributed by atoms with Gasteiger partial charge in [-0.25, -0.2) is 0 Å². The highest BCUT2D eigenvalue weighted by Crippen LogP contribution is 2.36. The number of aliphatic imine (C=N–C) groups is 1. The number of aromatic nitrogens is 1. The largest absolute Gasteiger partial charge is 0.371 e. The topological polar surface area (TPSA) is 94.5 Å². The number of anilines is 2. The van der Waals surface area contributed by atoms with Crippen molar-refractivity contribution in [1.29, 1.82) is 5.26 Å². The third kappa shape index (κ3) is 4.05.